The van der Waals surface area contributed by atoms with Crippen LogP contribution in [-0.4, -0.2) is 137 Å². The quantitative estimate of drug-likeness (QED) is 0.126. The van der Waals surface area contributed by atoms with Crippen LogP contribution in [0.4, 0.5) is 0 Å². The normalized spacial score (nSPS) is 27.4. The van der Waals surface area contributed by atoms with Crippen molar-refractivity contribution >= 4 is 48.0 Å². The van der Waals surface area contributed by atoms with Gasteiger partial charge in [0.1, 0.15) is 43.1 Å². The minimum Gasteiger partial charge on any atom is -0.494 e. The lowest BCUT2D eigenvalue weighted by Crippen LogP contribution is -2.66. The molecule has 0 bridgehead atoms. The minimum absolute atomic E-state index is 0.548. The summed E-state index contributed by atoms with van der Waals surface area (Å²) in [5.74, 6) is -7.23. The van der Waals surface area contributed by atoms with Gasteiger partial charge in [0, 0.05) is 68.8 Å². The lowest BCUT2D eigenvalue weighted by atomic mass is 9.95. The Balaban J connectivity index is 2.34. The van der Waals surface area contributed by atoms with Gasteiger partial charge < -0.3 is 52.5 Å². The molecule has 0 radical (unpaired) electrons. The Kier molecular flexibility index (Phi) is 15.4. The molecule has 0 amide bonds. The van der Waals surface area contributed by atoms with E-state index in [4.69, 9.17) is 47.4 Å². The average molecular weight is 802 g/mol. The van der Waals surface area contributed by atoms with Gasteiger partial charge in [-0.3, -0.25) is 52.5 Å². The Bertz CT molecular complexity index is 1840. The number of carbonyl (C=O) groups is 7. The fourth-order valence-corrected chi connectivity index (χ4v) is 5.72. The predicted octanol–water partition coefficient (Wildman–Crippen LogP) is -2.17. The maximum atomic E-state index is 13.1. The van der Waals surface area contributed by atoms with E-state index in [1.807, 2.05) is 0 Å². The third-order valence-electron chi connectivity index (χ3n) is 7.93. The fraction of sp³-hybridized carbons (Fsp3) is 0.636. The maximum Gasteiger partial charge on any atom is 0.333 e. The number of aromatic hydroxyl groups is 1. The molecule has 0 spiro atoms. The number of aromatic nitrogens is 2. The van der Waals surface area contributed by atoms with E-state index in [0.29, 0.717) is 4.57 Å². The van der Waals surface area contributed by atoms with Crippen LogP contribution in [0.5, 0.6) is 5.88 Å². The van der Waals surface area contributed by atoms with Crippen LogP contribution in [0.2, 0.25) is 0 Å². The average Bonchev–Trinajstić information content (AvgIpc) is 3.08. The number of ether oxygens (including phenoxy) is 10. The van der Waals surface area contributed by atoms with E-state index in [-0.39, 0.29) is 0 Å². The van der Waals surface area contributed by atoms with E-state index in [2.05, 4.69) is 4.99 Å². The number of hydrogen-bond acceptors (Lipinski definition) is 21. The summed E-state index contributed by atoms with van der Waals surface area (Å²) < 4.78 is 57.3. The van der Waals surface area contributed by atoms with E-state index in [0.717, 1.165) is 73.3 Å². The predicted molar refractivity (Wildman–Crippen MR) is 179 cm³/mol. The lowest BCUT2D eigenvalue weighted by molar-refractivity contribution is -0.343. The molecule has 2 saturated heterocycles. The Hall–Kier alpha value is -5.68. The van der Waals surface area contributed by atoms with Gasteiger partial charge in [-0.05, 0) is 0 Å². The van der Waals surface area contributed by atoms with Crippen molar-refractivity contribution in [1.82, 2.24) is 9.13 Å². The van der Waals surface area contributed by atoms with Gasteiger partial charge in [0.25, 0.3) is 5.56 Å². The van der Waals surface area contributed by atoms with Crippen molar-refractivity contribution in [2.24, 2.45) is 19.1 Å². The molecule has 56 heavy (non-hydrogen) atoms. The van der Waals surface area contributed by atoms with Crippen LogP contribution < -0.4 is 11.2 Å². The van der Waals surface area contributed by atoms with Crippen LogP contribution in [-0.2, 0) is 95.0 Å². The highest BCUT2D eigenvalue weighted by atomic mass is 16.8. The van der Waals surface area contributed by atoms with Crippen LogP contribution in [0.15, 0.2) is 14.6 Å². The Labute approximate surface area is 317 Å². The van der Waals surface area contributed by atoms with Gasteiger partial charge in [-0.1, -0.05) is 0 Å². The highest BCUT2D eigenvalue weighted by molar-refractivity contribution is 5.82. The summed E-state index contributed by atoms with van der Waals surface area (Å²) in [6.45, 7) is 5.79. The standard InChI is InChI=1S/C33H43N3O20/c1-13(37)47-11-21-24(49-15(3)39)26(23(31(54-21)53-19(7)43)34-10-20-29(44)35(8)33(46)36(9)30(20)45)56-32-28(52-18(6)42)27(51-17(5)41)25(50-16(4)40)22(55-32)12-48-14(2)38/h10,21-28,31-32,44H,11-12H2,1-9H3/t21-,22-,23-,24-,25-,26-,27+,28-,31+,32-/m1/s1. The number of rotatable bonds is 13. The first-order valence-corrected chi connectivity index (χ1v) is 16.7. The monoisotopic (exact) mass is 801 g/mol. The number of nitrogens with zero attached hydrogens (tertiary/aromatic N) is 3. The van der Waals surface area contributed by atoms with Crippen molar-refractivity contribution in [1.29, 1.82) is 0 Å². The molecule has 1 aromatic heterocycles. The zero-order valence-corrected chi connectivity index (χ0v) is 31.8. The molecule has 2 aliphatic heterocycles. The van der Waals surface area contributed by atoms with Gasteiger partial charge >= 0.3 is 47.5 Å². The molecule has 0 aliphatic carbocycles. The molecule has 1 N–H and O–H groups in total. The molecule has 23 nitrogen and oxygen atoms in total. The van der Waals surface area contributed by atoms with Gasteiger partial charge in [0.05, 0.1) is 0 Å². The topological polar surface area (TPSA) is 288 Å². The van der Waals surface area contributed by atoms with Gasteiger partial charge in [0.15, 0.2) is 30.7 Å². The molecule has 310 valence electrons. The second-order valence-corrected chi connectivity index (χ2v) is 12.4. The molecule has 3 rings (SSSR count). The van der Waals surface area contributed by atoms with Crippen LogP contribution in [0, 0.1) is 0 Å². The molecule has 0 saturated carbocycles. The number of carbonyl (C=O) groups excluding carboxylic acids is 7. The van der Waals surface area contributed by atoms with E-state index in [1.54, 1.807) is 0 Å². The van der Waals surface area contributed by atoms with Crippen LogP contribution in [0.3, 0.4) is 0 Å². The third kappa shape index (κ3) is 11.4. The molecule has 1 aromatic rings. The van der Waals surface area contributed by atoms with Crippen molar-refractivity contribution in [2.45, 2.75) is 110 Å². The summed E-state index contributed by atoms with van der Waals surface area (Å²) in [7, 11) is 2.28. The molecule has 23 heteroatoms. The van der Waals surface area contributed by atoms with Crippen LogP contribution in [0.25, 0.3) is 0 Å². The summed E-state index contributed by atoms with van der Waals surface area (Å²) >= 11 is 0. The Morgan fingerprint density at radius 3 is 1.50 bits per heavy atom. The van der Waals surface area contributed by atoms with Crippen molar-refractivity contribution in [3.05, 3.63) is 26.4 Å². The number of hydrogen-bond donors (Lipinski definition) is 1. The van der Waals surface area contributed by atoms with E-state index < -0.39 is 139 Å². The highest BCUT2D eigenvalue weighted by Crippen LogP contribution is 2.35. The fourth-order valence-electron chi connectivity index (χ4n) is 5.72. The largest absolute Gasteiger partial charge is 0.494 e. The first kappa shape index (κ1) is 44.7. The summed E-state index contributed by atoms with van der Waals surface area (Å²) in [5.41, 5.74) is -2.46. The van der Waals surface area contributed by atoms with Crippen molar-refractivity contribution in [3.63, 3.8) is 0 Å². The van der Waals surface area contributed by atoms with Gasteiger partial charge in [-0.25, -0.2) is 4.79 Å². The maximum absolute atomic E-state index is 13.1. The van der Waals surface area contributed by atoms with Crippen LogP contribution >= 0.6 is 0 Å². The van der Waals surface area contributed by atoms with Gasteiger partial charge in [-0.2, -0.15) is 0 Å². The van der Waals surface area contributed by atoms with Crippen molar-refractivity contribution in [3.8, 4) is 5.88 Å². The summed E-state index contributed by atoms with van der Waals surface area (Å²) in [6.07, 6.45) is -14.6. The molecule has 3 heterocycles. The zero-order chi connectivity index (χ0) is 42.2. The molecule has 0 aromatic carbocycles. The molecular formula is C33H43N3O20. The van der Waals surface area contributed by atoms with Crippen molar-refractivity contribution in [2.75, 3.05) is 13.2 Å². The first-order chi connectivity index (χ1) is 26.1. The molecular weight excluding hydrogens is 758 g/mol. The second kappa shape index (κ2) is 19.3. The van der Waals surface area contributed by atoms with E-state index in [1.165, 1.54) is 0 Å². The Morgan fingerprint density at radius 1 is 0.607 bits per heavy atom. The summed E-state index contributed by atoms with van der Waals surface area (Å²) in [4.78, 5) is 116. The Morgan fingerprint density at radius 2 is 1.04 bits per heavy atom. The minimum atomic E-state index is -1.94. The molecule has 10 atom stereocenters. The molecule has 0 unspecified atom stereocenters. The lowest BCUT2D eigenvalue weighted by Gasteiger charge is -2.48. The SMILES string of the molecule is CC(=O)OC[C@H]1O[C@H](O[C@@H]2[C@@H](N=Cc3c(O)n(C)c(=O)n(C)c3=O)[C@@H](OC(C)=O)O[C@H](COC(C)=O)[C@H]2OC(C)=O)[C@H](OC(C)=O)[C@@H](OC(C)=O)[C@@H]1OC(C)=O. The molecule has 2 aliphatic rings. The molecule has 2 fully saturated rings. The van der Waals surface area contributed by atoms with E-state index in [9.17, 15) is 48.3 Å². The number of esters is 7. The highest BCUT2D eigenvalue weighted by Gasteiger charge is 2.57. The number of aliphatic imine (C=N–C) groups is 1. The summed E-state index contributed by atoms with van der Waals surface area (Å²) in [5, 5.41) is 10.7. The van der Waals surface area contributed by atoms with Gasteiger partial charge in [-0.15, -0.1) is 0 Å². The zero-order valence-electron chi connectivity index (χ0n) is 31.8. The third-order valence-corrected chi connectivity index (χ3v) is 7.93. The van der Waals surface area contributed by atoms with E-state index >= 15 is 0 Å². The van der Waals surface area contributed by atoms with Crippen LogP contribution in [0.1, 0.15) is 54.0 Å². The second-order valence-electron chi connectivity index (χ2n) is 12.4. The smallest absolute Gasteiger partial charge is 0.333 e. The van der Waals surface area contributed by atoms with Gasteiger partial charge in [0.2, 0.25) is 12.2 Å². The first-order valence-electron chi connectivity index (χ1n) is 16.7. The summed E-state index contributed by atoms with van der Waals surface area (Å²) in [6, 6.07) is -1.73. The van der Waals surface area contributed by atoms with Crippen molar-refractivity contribution < 1.29 is 86.0 Å².